The number of rotatable bonds is 3. The zero-order valence-corrected chi connectivity index (χ0v) is 7.54. The molecular formula is C9H18O2. The van der Waals surface area contributed by atoms with Gasteiger partial charge in [-0.2, -0.15) is 0 Å². The third-order valence-electron chi connectivity index (χ3n) is 1.81. The van der Waals surface area contributed by atoms with Crippen molar-refractivity contribution in [3.63, 3.8) is 0 Å². The molecule has 0 rings (SSSR count). The molecule has 2 N–H and O–H groups in total. The van der Waals surface area contributed by atoms with Gasteiger partial charge in [0.25, 0.3) is 0 Å². The van der Waals surface area contributed by atoms with Crippen molar-refractivity contribution in [3.05, 3.63) is 12.7 Å². The van der Waals surface area contributed by atoms with Crippen LogP contribution in [0.5, 0.6) is 0 Å². The molecule has 11 heavy (non-hydrogen) atoms. The van der Waals surface area contributed by atoms with Crippen LogP contribution in [0.25, 0.3) is 0 Å². The summed E-state index contributed by atoms with van der Waals surface area (Å²) in [6.07, 6.45) is 1.07. The Labute approximate surface area is 68.6 Å². The molecule has 2 nitrogen and oxygen atoms in total. The molecule has 0 radical (unpaired) electrons. The smallest absolute Gasteiger partial charge is 0.0672 e. The van der Waals surface area contributed by atoms with E-state index in [0.29, 0.717) is 0 Å². The fourth-order valence-electron chi connectivity index (χ4n) is 0.946. The zero-order valence-electron chi connectivity index (χ0n) is 7.54. The zero-order chi connectivity index (χ0) is 9.07. The summed E-state index contributed by atoms with van der Waals surface area (Å²) in [7, 11) is 0. The Morgan fingerprint density at radius 1 is 1.45 bits per heavy atom. The van der Waals surface area contributed by atoms with Crippen LogP contribution in [-0.4, -0.2) is 22.9 Å². The summed E-state index contributed by atoms with van der Waals surface area (Å²) in [5.74, 6) is -0.213. The molecule has 0 aliphatic rings. The van der Waals surface area contributed by atoms with E-state index >= 15 is 0 Å². The fraction of sp³-hybridized carbons (Fsp3) is 0.778. The topological polar surface area (TPSA) is 40.5 Å². The van der Waals surface area contributed by atoms with E-state index in [2.05, 4.69) is 6.58 Å². The maximum absolute atomic E-state index is 9.61. The minimum Gasteiger partial charge on any atom is -0.396 e. The van der Waals surface area contributed by atoms with E-state index in [1.807, 2.05) is 20.8 Å². The molecule has 0 fully saturated rings. The summed E-state index contributed by atoms with van der Waals surface area (Å²) in [6.45, 7) is 9.31. The Balaban J connectivity index is 4.20. The second kappa shape index (κ2) is 3.88. The Morgan fingerprint density at radius 2 is 1.91 bits per heavy atom. The fourth-order valence-corrected chi connectivity index (χ4v) is 0.946. The van der Waals surface area contributed by atoms with Crippen LogP contribution >= 0.6 is 0 Å². The Hall–Kier alpha value is -0.340. The molecule has 0 amide bonds. The molecule has 0 spiro atoms. The summed E-state index contributed by atoms with van der Waals surface area (Å²) in [5, 5.41) is 18.4. The summed E-state index contributed by atoms with van der Waals surface area (Å²) >= 11 is 0. The summed E-state index contributed by atoms with van der Waals surface area (Å²) < 4.78 is 0. The van der Waals surface area contributed by atoms with Crippen LogP contribution in [0.2, 0.25) is 0 Å². The molecule has 0 saturated carbocycles. The lowest BCUT2D eigenvalue weighted by Gasteiger charge is -2.30. The molecule has 0 aromatic carbocycles. The third-order valence-corrected chi connectivity index (χ3v) is 1.81. The minimum atomic E-state index is -0.523. The third kappa shape index (κ3) is 3.04. The average Bonchev–Trinajstić information content (AvgIpc) is 1.88. The Kier molecular flexibility index (Phi) is 3.76. The Bertz CT molecular complexity index is 124. The van der Waals surface area contributed by atoms with Crippen molar-refractivity contribution in [2.45, 2.75) is 26.9 Å². The van der Waals surface area contributed by atoms with Crippen molar-refractivity contribution in [3.8, 4) is 0 Å². The first-order valence-electron chi connectivity index (χ1n) is 3.85. The van der Waals surface area contributed by atoms with Gasteiger partial charge in [-0.1, -0.05) is 26.8 Å². The van der Waals surface area contributed by atoms with Crippen LogP contribution < -0.4 is 0 Å². The van der Waals surface area contributed by atoms with Gasteiger partial charge in [0.1, 0.15) is 0 Å². The number of hydrogen-bond acceptors (Lipinski definition) is 2. The SMILES string of the molecule is C=CC(CO)C(O)C(C)(C)C. The van der Waals surface area contributed by atoms with Gasteiger partial charge in [0.05, 0.1) is 12.7 Å². The van der Waals surface area contributed by atoms with E-state index in [4.69, 9.17) is 5.11 Å². The van der Waals surface area contributed by atoms with Gasteiger partial charge >= 0.3 is 0 Å². The standard InChI is InChI=1S/C9H18O2/c1-5-7(6-10)8(11)9(2,3)4/h5,7-8,10-11H,1,6H2,2-4H3. The van der Waals surface area contributed by atoms with E-state index < -0.39 is 6.10 Å². The highest BCUT2D eigenvalue weighted by Crippen LogP contribution is 2.25. The molecule has 0 heterocycles. The van der Waals surface area contributed by atoms with Gasteiger partial charge in [-0.05, 0) is 5.41 Å². The van der Waals surface area contributed by atoms with Gasteiger partial charge in [0.15, 0.2) is 0 Å². The van der Waals surface area contributed by atoms with E-state index in [-0.39, 0.29) is 17.9 Å². The lowest BCUT2D eigenvalue weighted by molar-refractivity contribution is 0.00869. The predicted octanol–water partition coefficient (Wildman–Crippen LogP) is 1.19. The monoisotopic (exact) mass is 158 g/mol. The molecule has 2 heteroatoms. The second-order valence-corrected chi connectivity index (χ2v) is 3.89. The first-order chi connectivity index (χ1) is 4.93. The summed E-state index contributed by atoms with van der Waals surface area (Å²) in [5.41, 5.74) is -0.193. The van der Waals surface area contributed by atoms with Crippen LogP contribution in [-0.2, 0) is 0 Å². The molecule has 0 aromatic heterocycles. The van der Waals surface area contributed by atoms with Gasteiger partial charge in [0.2, 0.25) is 0 Å². The molecule has 2 atom stereocenters. The molecule has 2 unspecified atom stereocenters. The highest BCUT2D eigenvalue weighted by Gasteiger charge is 2.27. The van der Waals surface area contributed by atoms with Crippen LogP contribution in [0.3, 0.4) is 0 Å². The minimum absolute atomic E-state index is 0.0397. The Morgan fingerprint density at radius 3 is 2.00 bits per heavy atom. The largest absolute Gasteiger partial charge is 0.396 e. The lowest BCUT2D eigenvalue weighted by atomic mass is 9.82. The van der Waals surface area contributed by atoms with Crippen LogP contribution in [0, 0.1) is 11.3 Å². The van der Waals surface area contributed by atoms with Crippen LogP contribution in [0.15, 0.2) is 12.7 Å². The number of aliphatic hydroxyl groups is 2. The molecular weight excluding hydrogens is 140 g/mol. The lowest BCUT2D eigenvalue weighted by Crippen LogP contribution is -2.34. The van der Waals surface area contributed by atoms with Gasteiger partial charge in [0, 0.05) is 5.92 Å². The molecule has 0 saturated heterocycles. The van der Waals surface area contributed by atoms with Crippen molar-refractivity contribution in [1.82, 2.24) is 0 Å². The van der Waals surface area contributed by atoms with Crippen molar-refractivity contribution in [1.29, 1.82) is 0 Å². The normalized spacial score (nSPS) is 17.5. The van der Waals surface area contributed by atoms with E-state index in [1.54, 1.807) is 6.08 Å². The number of hydrogen-bond donors (Lipinski definition) is 2. The van der Waals surface area contributed by atoms with Crippen molar-refractivity contribution < 1.29 is 10.2 Å². The van der Waals surface area contributed by atoms with Gasteiger partial charge in [-0.3, -0.25) is 0 Å². The highest BCUT2D eigenvalue weighted by molar-refractivity contribution is 4.89. The summed E-state index contributed by atoms with van der Waals surface area (Å²) in [6, 6.07) is 0. The first kappa shape index (κ1) is 10.7. The van der Waals surface area contributed by atoms with Gasteiger partial charge < -0.3 is 10.2 Å². The molecule has 0 aliphatic heterocycles. The van der Waals surface area contributed by atoms with Crippen LogP contribution in [0.1, 0.15) is 20.8 Å². The quantitative estimate of drug-likeness (QED) is 0.606. The molecule has 0 aliphatic carbocycles. The van der Waals surface area contributed by atoms with Gasteiger partial charge in [-0.25, -0.2) is 0 Å². The molecule has 66 valence electrons. The predicted molar refractivity (Wildman–Crippen MR) is 46.2 cm³/mol. The molecule has 0 aromatic rings. The summed E-state index contributed by atoms with van der Waals surface area (Å²) in [4.78, 5) is 0. The van der Waals surface area contributed by atoms with Gasteiger partial charge in [-0.15, -0.1) is 6.58 Å². The second-order valence-electron chi connectivity index (χ2n) is 3.89. The van der Waals surface area contributed by atoms with E-state index in [1.165, 1.54) is 0 Å². The van der Waals surface area contributed by atoms with Crippen LogP contribution in [0.4, 0.5) is 0 Å². The maximum Gasteiger partial charge on any atom is 0.0672 e. The van der Waals surface area contributed by atoms with Crippen molar-refractivity contribution in [2.24, 2.45) is 11.3 Å². The highest BCUT2D eigenvalue weighted by atomic mass is 16.3. The van der Waals surface area contributed by atoms with Crippen molar-refractivity contribution >= 4 is 0 Å². The van der Waals surface area contributed by atoms with Crippen molar-refractivity contribution in [2.75, 3.05) is 6.61 Å². The maximum atomic E-state index is 9.61. The first-order valence-corrected chi connectivity index (χ1v) is 3.85. The van der Waals surface area contributed by atoms with E-state index in [9.17, 15) is 5.11 Å². The van der Waals surface area contributed by atoms with E-state index in [0.717, 1.165) is 0 Å². The average molecular weight is 158 g/mol. The molecule has 0 bridgehead atoms. The number of aliphatic hydroxyl groups excluding tert-OH is 2.